The maximum atomic E-state index is 4.82. The molecule has 0 atom stereocenters. The molecule has 1 aromatic carbocycles. The standard InChI is InChI=1S/C16H21N2Si.Ir/c1-11-12(2)18-15(17-11)13-9-7-8-10-14(13)16(3,4)19(18,5)6;/h7-8,10H,1-6H3;/q-1;. The van der Waals surface area contributed by atoms with Gasteiger partial charge in [-0.2, -0.15) is 0 Å². The van der Waals surface area contributed by atoms with E-state index >= 15 is 0 Å². The van der Waals surface area contributed by atoms with Gasteiger partial charge in [0.05, 0.1) is 0 Å². The van der Waals surface area contributed by atoms with Gasteiger partial charge in [-0.1, -0.05) is 26.9 Å². The number of rotatable bonds is 0. The smallest absolute Gasteiger partial charge is 0.148 e. The van der Waals surface area contributed by atoms with E-state index in [0.717, 1.165) is 11.5 Å². The van der Waals surface area contributed by atoms with Crippen molar-refractivity contribution in [2.24, 2.45) is 0 Å². The largest absolute Gasteiger partial charge is 0.395 e. The van der Waals surface area contributed by atoms with Gasteiger partial charge in [0.1, 0.15) is 8.24 Å². The van der Waals surface area contributed by atoms with Gasteiger partial charge in [0.25, 0.3) is 0 Å². The number of hydrogen-bond acceptors (Lipinski definition) is 1. The molecule has 2 heterocycles. The van der Waals surface area contributed by atoms with E-state index in [-0.39, 0.29) is 25.1 Å². The Morgan fingerprint density at radius 3 is 2.55 bits per heavy atom. The first-order chi connectivity index (χ1) is 8.78. The molecule has 20 heavy (non-hydrogen) atoms. The predicted octanol–water partition coefficient (Wildman–Crippen LogP) is 3.85. The van der Waals surface area contributed by atoms with Crippen LogP contribution in [0.15, 0.2) is 18.2 Å². The molecule has 1 aliphatic heterocycles. The van der Waals surface area contributed by atoms with E-state index < -0.39 is 8.24 Å². The molecule has 0 amide bonds. The van der Waals surface area contributed by atoms with Crippen molar-refractivity contribution in [3.05, 3.63) is 41.2 Å². The minimum absolute atomic E-state index is 0. The third kappa shape index (κ3) is 1.75. The van der Waals surface area contributed by atoms with Crippen LogP contribution in [0.3, 0.4) is 0 Å². The Morgan fingerprint density at radius 2 is 1.90 bits per heavy atom. The van der Waals surface area contributed by atoms with Gasteiger partial charge in [0.15, 0.2) is 0 Å². The monoisotopic (exact) mass is 462 g/mol. The van der Waals surface area contributed by atoms with Crippen molar-refractivity contribution < 1.29 is 20.1 Å². The molecule has 2 nitrogen and oxygen atoms in total. The van der Waals surface area contributed by atoms with E-state index in [0.29, 0.717) is 0 Å². The molecule has 0 bridgehead atoms. The van der Waals surface area contributed by atoms with Crippen LogP contribution in [0, 0.1) is 19.9 Å². The molecule has 0 spiro atoms. The second-order valence-electron chi connectivity index (χ2n) is 6.58. The average molecular weight is 462 g/mol. The van der Waals surface area contributed by atoms with Gasteiger partial charge in [0.2, 0.25) is 0 Å². The minimum Gasteiger partial charge on any atom is -0.395 e. The van der Waals surface area contributed by atoms with E-state index in [1.807, 2.05) is 6.07 Å². The number of aryl methyl sites for hydroxylation is 1. The molecule has 4 heteroatoms. The Kier molecular flexibility index (Phi) is 3.65. The van der Waals surface area contributed by atoms with Crippen molar-refractivity contribution in [1.29, 1.82) is 0 Å². The Morgan fingerprint density at radius 1 is 1.25 bits per heavy atom. The summed E-state index contributed by atoms with van der Waals surface area (Å²) in [5, 5.41) is 0.186. The Labute approximate surface area is 136 Å². The maximum Gasteiger partial charge on any atom is 0.148 e. The van der Waals surface area contributed by atoms with Crippen LogP contribution >= 0.6 is 0 Å². The fourth-order valence-corrected chi connectivity index (χ4v) is 6.33. The SMILES string of the molecule is Cc1nc2n(c1C)[Si](C)(C)C(C)(C)c1ccc[c-]c1-2.[Ir]. The molecule has 0 N–H and O–H groups in total. The predicted molar refractivity (Wildman–Crippen MR) is 81.9 cm³/mol. The summed E-state index contributed by atoms with van der Waals surface area (Å²) in [7, 11) is -1.68. The molecule has 3 rings (SSSR count). The molecule has 0 fully saturated rings. The van der Waals surface area contributed by atoms with E-state index in [2.05, 4.69) is 63.2 Å². The molecule has 109 valence electrons. The fraction of sp³-hybridized carbons (Fsp3) is 0.438. The van der Waals surface area contributed by atoms with Gasteiger partial charge in [-0.3, -0.25) is 4.98 Å². The molecule has 0 saturated carbocycles. The van der Waals surface area contributed by atoms with E-state index in [1.165, 1.54) is 16.8 Å². The van der Waals surface area contributed by atoms with Crippen molar-refractivity contribution in [1.82, 2.24) is 9.22 Å². The van der Waals surface area contributed by atoms with Crippen LogP contribution in [0.25, 0.3) is 11.4 Å². The van der Waals surface area contributed by atoms with Crippen molar-refractivity contribution in [2.45, 2.75) is 45.8 Å². The maximum absolute atomic E-state index is 4.82. The summed E-state index contributed by atoms with van der Waals surface area (Å²) in [6.45, 7) is 14.0. The molecule has 1 radical (unpaired) electrons. The number of nitrogens with zero attached hydrogens (tertiary/aromatic N) is 2. The summed E-state index contributed by atoms with van der Waals surface area (Å²) < 4.78 is 2.53. The Hall–Kier alpha value is -0.704. The zero-order valence-corrected chi connectivity index (χ0v) is 16.4. The van der Waals surface area contributed by atoms with Gasteiger partial charge < -0.3 is 4.23 Å². The topological polar surface area (TPSA) is 17.8 Å². The Bertz CT molecular complexity index is 671. The van der Waals surface area contributed by atoms with E-state index in [4.69, 9.17) is 4.98 Å². The normalized spacial score (nSPS) is 17.9. The number of fused-ring (bicyclic) bond motifs is 3. The van der Waals surface area contributed by atoms with E-state index in [1.54, 1.807) is 0 Å². The molecule has 0 unspecified atom stereocenters. The van der Waals surface area contributed by atoms with Gasteiger partial charge in [-0.05, 0) is 18.9 Å². The van der Waals surface area contributed by atoms with Crippen molar-refractivity contribution in [2.75, 3.05) is 0 Å². The van der Waals surface area contributed by atoms with Gasteiger partial charge >= 0.3 is 0 Å². The summed E-state index contributed by atoms with van der Waals surface area (Å²) in [4.78, 5) is 4.82. The third-order valence-corrected chi connectivity index (χ3v) is 10.2. The second kappa shape index (κ2) is 4.65. The molecular formula is C16H21IrN2Si-. The van der Waals surface area contributed by atoms with Crippen LogP contribution in [0.2, 0.25) is 13.1 Å². The van der Waals surface area contributed by atoms with Crippen LogP contribution in [0.1, 0.15) is 30.8 Å². The first-order valence-electron chi connectivity index (χ1n) is 6.86. The summed E-state index contributed by atoms with van der Waals surface area (Å²) in [6.07, 6.45) is 0. The average Bonchev–Trinajstić information content (AvgIpc) is 2.65. The summed E-state index contributed by atoms with van der Waals surface area (Å²) >= 11 is 0. The summed E-state index contributed by atoms with van der Waals surface area (Å²) in [5.74, 6) is 1.13. The minimum atomic E-state index is -1.68. The number of hydrogen-bond donors (Lipinski definition) is 0. The van der Waals surface area contributed by atoms with Gasteiger partial charge in [-0.15, -0.1) is 35.4 Å². The second-order valence-corrected chi connectivity index (χ2v) is 11.4. The van der Waals surface area contributed by atoms with Crippen LogP contribution in [-0.4, -0.2) is 17.5 Å². The molecule has 0 aliphatic carbocycles. The third-order valence-electron chi connectivity index (χ3n) is 5.19. The molecular weight excluding hydrogens is 440 g/mol. The van der Waals surface area contributed by atoms with Crippen LogP contribution < -0.4 is 0 Å². The van der Waals surface area contributed by atoms with Crippen molar-refractivity contribution >= 4 is 8.24 Å². The molecule has 1 aliphatic rings. The Balaban J connectivity index is 0.00000147. The van der Waals surface area contributed by atoms with Crippen LogP contribution in [0.4, 0.5) is 0 Å². The number of imidazole rings is 1. The van der Waals surface area contributed by atoms with Crippen molar-refractivity contribution in [3.63, 3.8) is 0 Å². The van der Waals surface area contributed by atoms with Gasteiger partial charge in [0, 0.05) is 37.3 Å². The van der Waals surface area contributed by atoms with E-state index in [9.17, 15) is 0 Å². The number of benzene rings is 1. The first kappa shape index (κ1) is 15.7. The number of aromatic nitrogens is 2. The van der Waals surface area contributed by atoms with Crippen LogP contribution in [-0.2, 0) is 25.1 Å². The molecule has 2 aromatic rings. The summed E-state index contributed by atoms with van der Waals surface area (Å²) in [5.41, 5.74) is 5.07. The fourth-order valence-electron chi connectivity index (χ4n) is 3.21. The first-order valence-corrected chi connectivity index (χ1v) is 9.81. The quantitative estimate of drug-likeness (QED) is 0.431. The molecule has 1 aromatic heterocycles. The molecule has 0 saturated heterocycles. The summed E-state index contributed by atoms with van der Waals surface area (Å²) in [6, 6.07) is 9.77. The van der Waals surface area contributed by atoms with Gasteiger partial charge in [-0.25, -0.2) is 0 Å². The van der Waals surface area contributed by atoms with Crippen molar-refractivity contribution in [3.8, 4) is 11.4 Å². The zero-order valence-electron chi connectivity index (χ0n) is 13.0. The van der Waals surface area contributed by atoms with Crippen LogP contribution in [0.5, 0.6) is 0 Å². The zero-order chi connectivity index (χ0) is 14.0.